The summed E-state index contributed by atoms with van der Waals surface area (Å²) in [6.45, 7) is -0.0241. The molecule has 0 bridgehead atoms. The number of ether oxygens (including phenoxy) is 3. The highest BCUT2D eigenvalue weighted by Crippen LogP contribution is 2.10. The molecule has 0 aliphatic rings. The van der Waals surface area contributed by atoms with Crippen LogP contribution in [-0.4, -0.2) is 50.1 Å². The smallest absolute Gasteiger partial charge is 0.338 e. The number of halogens is 2. The predicted octanol–water partition coefficient (Wildman–Crippen LogP) is 3.71. The highest BCUT2D eigenvalue weighted by atomic mass is 35.5. The summed E-state index contributed by atoms with van der Waals surface area (Å²) >= 11 is 9.53. The minimum atomic E-state index is -0.448. The van der Waals surface area contributed by atoms with Gasteiger partial charge in [-0.15, -0.1) is 23.2 Å². The first-order chi connectivity index (χ1) is 14.0. The number of esters is 2. The lowest BCUT2D eigenvalue weighted by molar-refractivity contribution is -0.120. The Morgan fingerprint density at radius 1 is 0.862 bits per heavy atom. The predicted molar refractivity (Wildman–Crippen MR) is 111 cm³/mol. The van der Waals surface area contributed by atoms with Gasteiger partial charge in [-0.2, -0.15) is 0 Å². The highest BCUT2D eigenvalue weighted by molar-refractivity contribution is 6.40. The van der Waals surface area contributed by atoms with Crippen molar-refractivity contribution in [3.05, 3.63) is 65.7 Å². The van der Waals surface area contributed by atoms with Crippen LogP contribution in [0.4, 0.5) is 5.69 Å². The Labute approximate surface area is 178 Å². The molecule has 0 fully saturated rings. The third kappa shape index (κ3) is 9.94. The van der Waals surface area contributed by atoms with Gasteiger partial charge >= 0.3 is 11.9 Å². The van der Waals surface area contributed by atoms with E-state index in [1.165, 1.54) is 7.11 Å². The molecular weight excluding hydrogens is 421 g/mol. The summed E-state index contributed by atoms with van der Waals surface area (Å²) in [6, 6.07) is 14.9. The molecule has 0 atom stereocenters. The molecule has 29 heavy (non-hydrogen) atoms. The van der Waals surface area contributed by atoms with E-state index in [1.54, 1.807) is 48.5 Å². The van der Waals surface area contributed by atoms with Crippen LogP contribution in [0.15, 0.2) is 54.6 Å². The van der Waals surface area contributed by atoms with Gasteiger partial charge in [0.15, 0.2) is 0 Å². The number of rotatable bonds is 8. The van der Waals surface area contributed by atoms with E-state index in [0.29, 0.717) is 16.8 Å². The van der Waals surface area contributed by atoms with Crippen molar-refractivity contribution in [1.82, 2.24) is 0 Å². The quantitative estimate of drug-likeness (QED) is 0.381. The van der Waals surface area contributed by atoms with Gasteiger partial charge in [-0.3, -0.25) is 4.79 Å². The molecule has 0 unspecified atom stereocenters. The molecule has 2 aromatic rings. The SMILES string of the molecule is COC(=O)c1ccc(NC(=O)COCCOC(=O)c2ccccc2)cc1.ClCCl. The summed E-state index contributed by atoms with van der Waals surface area (Å²) in [5.41, 5.74) is 1.38. The maximum absolute atomic E-state index is 11.8. The van der Waals surface area contributed by atoms with Crippen LogP contribution in [0.3, 0.4) is 0 Å². The molecule has 2 rings (SSSR count). The van der Waals surface area contributed by atoms with Crippen molar-refractivity contribution in [3.63, 3.8) is 0 Å². The van der Waals surface area contributed by atoms with Crippen LogP contribution in [-0.2, 0) is 19.0 Å². The number of hydrogen-bond acceptors (Lipinski definition) is 6. The fraction of sp³-hybridized carbons (Fsp3) is 0.250. The van der Waals surface area contributed by atoms with Crippen LogP contribution in [0.25, 0.3) is 0 Å². The van der Waals surface area contributed by atoms with Crippen LogP contribution in [0.2, 0.25) is 0 Å². The molecule has 1 N–H and O–H groups in total. The minimum Gasteiger partial charge on any atom is -0.465 e. The molecule has 0 aliphatic heterocycles. The van der Waals surface area contributed by atoms with Crippen molar-refractivity contribution in [3.8, 4) is 0 Å². The Morgan fingerprint density at radius 2 is 1.45 bits per heavy atom. The van der Waals surface area contributed by atoms with E-state index in [-0.39, 0.29) is 31.1 Å². The molecule has 0 spiro atoms. The average molecular weight is 442 g/mol. The van der Waals surface area contributed by atoms with Crippen LogP contribution in [0.1, 0.15) is 20.7 Å². The Bertz CT molecular complexity index is 768. The lowest BCUT2D eigenvalue weighted by Crippen LogP contribution is -2.20. The fourth-order valence-electron chi connectivity index (χ4n) is 2.02. The molecule has 0 saturated carbocycles. The molecule has 7 nitrogen and oxygen atoms in total. The third-order valence-corrected chi connectivity index (χ3v) is 3.29. The summed E-state index contributed by atoms with van der Waals surface area (Å²) in [6.07, 6.45) is 0. The lowest BCUT2D eigenvalue weighted by atomic mass is 10.2. The third-order valence-electron chi connectivity index (χ3n) is 3.29. The summed E-state index contributed by atoms with van der Waals surface area (Å²) in [5, 5.41) is 2.82. The van der Waals surface area contributed by atoms with Crippen LogP contribution in [0, 0.1) is 0 Å². The second-order valence-electron chi connectivity index (χ2n) is 5.27. The summed E-state index contributed by atoms with van der Waals surface area (Å²) in [4.78, 5) is 34.8. The second kappa shape index (κ2) is 14.4. The number of alkyl halides is 2. The van der Waals surface area contributed by atoms with Crippen molar-refractivity contribution in [2.24, 2.45) is 0 Å². The van der Waals surface area contributed by atoms with Crippen molar-refractivity contribution in [2.45, 2.75) is 0 Å². The first-order valence-electron chi connectivity index (χ1n) is 8.42. The van der Waals surface area contributed by atoms with Gasteiger partial charge in [0.05, 0.1) is 30.2 Å². The number of nitrogens with one attached hydrogen (secondary N) is 1. The number of anilines is 1. The summed E-state index contributed by atoms with van der Waals surface area (Å²) in [5.74, 6) is -1.24. The van der Waals surface area contributed by atoms with E-state index in [0.717, 1.165) is 0 Å². The largest absolute Gasteiger partial charge is 0.465 e. The van der Waals surface area contributed by atoms with Crippen LogP contribution >= 0.6 is 23.2 Å². The van der Waals surface area contributed by atoms with E-state index in [4.69, 9.17) is 32.7 Å². The topological polar surface area (TPSA) is 90.9 Å². The Hall–Kier alpha value is -2.61. The van der Waals surface area contributed by atoms with E-state index in [1.807, 2.05) is 6.07 Å². The molecule has 2 aromatic carbocycles. The Kier molecular flexibility index (Phi) is 12.1. The van der Waals surface area contributed by atoms with Gasteiger partial charge < -0.3 is 19.5 Å². The molecule has 0 radical (unpaired) electrons. The normalized spacial score (nSPS) is 9.62. The monoisotopic (exact) mass is 441 g/mol. The molecule has 0 heterocycles. The van der Waals surface area contributed by atoms with E-state index in [9.17, 15) is 14.4 Å². The Balaban J connectivity index is 0.00000132. The molecule has 9 heteroatoms. The maximum Gasteiger partial charge on any atom is 0.338 e. The molecule has 0 aromatic heterocycles. The first-order valence-corrected chi connectivity index (χ1v) is 9.48. The zero-order valence-corrected chi connectivity index (χ0v) is 17.2. The van der Waals surface area contributed by atoms with Gasteiger partial charge in [0.25, 0.3) is 0 Å². The van der Waals surface area contributed by atoms with E-state index < -0.39 is 11.9 Å². The van der Waals surface area contributed by atoms with Gasteiger partial charge in [-0.1, -0.05) is 18.2 Å². The van der Waals surface area contributed by atoms with Gasteiger partial charge in [0.1, 0.15) is 13.2 Å². The maximum atomic E-state index is 11.8. The first kappa shape index (κ1) is 24.4. The second-order valence-corrected chi connectivity index (χ2v) is 6.08. The van der Waals surface area contributed by atoms with E-state index in [2.05, 4.69) is 10.1 Å². The number of carbonyl (C=O) groups excluding carboxylic acids is 3. The van der Waals surface area contributed by atoms with Crippen LogP contribution < -0.4 is 5.32 Å². The number of hydrogen-bond donors (Lipinski definition) is 1. The molecule has 0 aliphatic carbocycles. The van der Waals surface area contributed by atoms with E-state index >= 15 is 0 Å². The van der Waals surface area contributed by atoms with Crippen molar-refractivity contribution >= 4 is 46.7 Å². The molecule has 1 amide bonds. The van der Waals surface area contributed by atoms with Crippen molar-refractivity contribution < 1.29 is 28.6 Å². The molecule has 156 valence electrons. The zero-order chi connectivity index (χ0) is 21.5. The average Bonchev–Trinajstić information content (AvgIpc) is 2.74. The lowest BCUT2D eigenvalue weighted by Gasteiger charge is -2.08. The Morgan fingerprint density at radius 3 is 2.03 bits per heavy atom. The number of amides is 1. The number of benzene rings is 2. The summed E-state index contributed by atoms with van der Waals surface area (Å²) < 4.78 is 14.8. The van der Waals surface area contributed by atoms with Gasteiger partial charge in [-0.25, -0.2) is 9.59 Å². The van der Waals surface area contributed by atoms with Gasteiger partial charge in [0, 0.05) is 5.69 Å². The van der Waals surface area contributed by atoms with Crippen molar-refractivity contribution in [2.75, 3.05) is 37.6 Å². The number of methoxy groups -OCH3 is 1. The van der Waals surface area contributed by atoms with Gasteiger partial charge in [0.2, 0.25) is 5.91 Å². The van der Waals surface area contributed by atoms with Crippen molar-refractivity contribution in [1.29, 1.82) is 0 Å². The van der Waals surface area contributed by atoms with Gasteiger partial charge in [-0.05, 0) is 36.4 Å². The summed E-state index contributed by atoms with van der Waals surface area (Å²) in [7, 11) is 1.30. The standard InChI is InChI=1S/C19H19NO6.CH2Cl2/c1-24-18(22)15-7-9-16(10-8-15)20-17(21)13-25-11-12-26-19(23)14-5-3-2-4-6-14;2-1-3/h2-10H,11-13H2,1H3,(H,20,21);1H2. The molecule has 0 saturated heterocycles. The molecular formula is C20H21Cl2NO6. The fourth-order valence-corrected chi connectivity index (χ4v) is 2.02. The number of carbonyl (C=O) groups is 3. The highest BCUT2D eigenvalue weighted by Gasteiger charge is 2.08. The minimum absolute atomic E-state index is 0.0504. The van der Waals surface area contributed by atoms with Crippen LogP contribution in [0.5, 0.6) is 0 Å². The zero-order valence-electron chi connectivity index (χ0n) is 15.7.